The Labute approximate surface area is 135 Å². The number of benzene rings is 2. The Morgan fingerprint density at radius 2 is 1.87 bits per heavy atom. The van der Waals surface area contributed by atoms with Crippen molar-refractivity contribution in [3.63, 3.8) is 0 Å². The topological polar surface area (TPSA) is 29.1 Å². The predicted molar refractivity (Wildman–Crippen MR) is 87.5 cm³/mol. The van der Waals surface area contributed by atoms with Crippen LogP contribution in [0, 0.1) is 11.7 Å². The van der Waals surface area contributed by atoms with Crippen molar-refractivity contribution in [3.8, 4) is 0 Å². The number of nitrogens with one attached hydrogen (secondary N) is 1. The van der Waals surface area contributed by atoms with Gasteiger partial charge in [-0.3, -0.25) is 4.79 Å². The molecule has 2 aromatic rings. The summed E-state index contributed by atoms with van der Waals surface area (Å²) in [6.45, 7) is 0. The first kappa shape index (κ1) is 14.4. The molecule has 2 aliphatic carbocycles. The molecule has 2 aromatic carbocycles. The lowest BCUT2D eigenvalue weighted by molar-refractivity contribution is -0.123. The van der Waals surface area contributed by atoms with Crippen molar-refractivity contribution < 1.29 is 9.18 Å². The maximum Gasteiger partial charge on any atom is 0.224 e. The van der Waals surface area contributed by atoms with Crippen LogP contribution in [0.15, 0.2) is 48.5 Å². The standard InChI is InChI=1S/C20H20FNO/c21-15-10-8-14(9-11-15)17-12-18(17)20(23)22-19-7-3-5-13-4-1-2-6-16(13)19/h1-2,4,6,8-11,17-19H,3,5,7,12H2,(H,22,23). The Hall–Kier alpha value is -2.16. The van der Waals surface area contributed by atoms with E-state index in [9.17, 15) is 9.18 Å². The molecule has 3 atom stereocenters. The molecular weight excluding hydrogens is 289 g/mol. The van der Waals surface area contributed by atoms with E-state index in [1.165, 1.54) is 23.3 Å². The number of hydrogen-bond acceptors (Lipinski definition) is 1. The highest BCUT2D eigenvalue weighted by atomic mass is 19.1. The SMILES string of the molecule is O=C(NC1CCCc2ccccc21)C1CC1c1ccc(F)cc1. The molecule has 0 aliphatic heterocycles. The Morgan fingerprint density at radius 3 is 2.70 bits per heavy atom. The Morgan fingerprint density at radius 1 is 1.09 bits per heavy atom. The number of carbonyl (C=O) groups is 1. The van der Waals surface area contributed by atoms with Crippen LogP contribution in [-0.2, 0) is 11.2 Å². The Bertz CT molecular complexity index is 725. The number of fused-ring (bicyclic) bond motifs is 1. The van der Waals surface area contributed by atoms with Gasteiger partial charge in [0.25, 0.3) is 0 Å². The molecule has 4 rings (SSSR count). The van der Waals surface area contributed by atoms with E-state index in [2.05, 4.69) is 23.5 Å². The van der Waals surface area contributed by atoms with Gasteiger partial charge in [-0.2, -0.15) is 0 Å². The highest BCUT2D eigenvalue weighted by Crippen LogP contribution is 2.48. The van der Waals surface area contributed by atoms with Crippen molar-refractivity contribution in [2.24, 2.45) is 5.92 Å². The minimum absolute atomic E-state index is 0.0366. The highest BCUT2D eigenvalue weighted by molar-refractivity contribution is 5.83. The van der Waals surface area contributed by atoms with Crippen molar-refractivity contribution in [3.05, 3.63) is 71.0 Å². The molecule has 1 N–H and O–H groups in total. The molecule has 2 nitrogen and oxygen atoms in total. The van der Waals surface area contributed by atoms with Gasteiger partial charge in [-0.05, 0) is 60.4 Å². The summed E-state index contributed by atoms with van der Waals surface area (Å²) in [5.74, 6) is 0.194. The van der Waals surface area contributed by atoms with Crippen LogP contribution in [0.5, 0.6) is 0 Å². The number of carbonyl (C=O) groups excluding carboxylic acids is 1. The van der Waals surface area contributed by atoms with Gasteiger partial charge in [0.1, 0.15) is 5.82 Å². The lowest BCUT2D eigenvalue weighted by Crippen LogP contribution is -2.32. The predicted octanol–water partition coefficient (Wildman–Crippen LogP) is 4.12. The van der Waals surface area contributed by atoms with Crippen molar-refractivity contribution in [2.75, 3.05) is 0 Å². The molecule has 2 aliphatic rings. The molecular formula is C20H20FNO. The van der Waals surface area contributed by atoms with Crippen LogP contribution >= 0.6 is 0 Å². The minimum Gasteiger partial charge on any atom is -0.349 e. The monoisotopic (exact) mass is 309 g/mol. The van der Waals surface area contributed by atoms with Gasteiger partial charge < -0.3 is 5.32 Å². The maximum absolute atomic E-state index is 13.0. The second kappa shape index (κ2) is 5.80. The van der Waals surface area contributed by atoms with Gasteiger partial charge in [0.05, 0.1) is 6.04 Å². The molecule has 3 heteroatoms. The van der Waals surface area contributed by atoms with Crippen molar-refractivity contribution in [1.29, 1.82) is 0 Å². The van der Waals surface area contributed by atoms with Crippen LogP contribution in [0.1, 0.15) is 47.9 Å². The Kier molecular flexibility index (Phi) is 3.64. The quantitative estimate of drug-likeness (QED) is 0.908. The van der Waals surface area contributed by atoms with E-state index in [0.717, 1.165) is 31.2 Å². The summed E-state index contributed by atoms with van der Waals surface area (Å²) in [6, 6.07) is 15.1. The first-order chi connectivity index (χ1) is 11.2. The Balaban J connectivity index is 1.43. The van der Waals surface area contributed by atoms with Crippen LogP contribution in [0.3, 0.4) is 0 Å². The zero-order chi connectivity index (χ0) is 15.8. The minimum atomic E-state index is -0.228. The molecule has 118 valence electrons. The zero-order valence-corrected chi connectivity index (χ0v) is 13.0. The highest BCUT2D eigenvalue weighted by Gasteiger charge is 2.44. The van der Waals surface area contributed by atoms with Crippen LogP contribution in [0.25, 0.3) is 0 Å². The molecule has 1 fully saturated rings. The van der Waals surface area contributed by atoms with Gasteiger partial charge in [0.2, 0.25) is 5.91 Å². The van der Waals surface area contributed by atoms with Gasteiger partial charge in [-0.25, -0.2) is 4.39 Å². The van der Waals surface area contributed by atoms with Gasteiger partial charge >= 0.3 is 0 Å². The number of rotatable bonds is 3. The van der Waals surface area contributed by atoms with Gasteiger partial charge in [0, 0.05) is 5.92 Å². The summed E-state index contributed by atoms with van der Waals surface area (Å²) in [5.41, 5.74) is 3.69. The van der Waals surface area contributed by atoms with E-state index in [1.807, 2.05) is 6.07 Å². The molecule has 0 aromatic heterocycles. The lowest BCUT2D eigenvalue weighted by atomic mass is 9.87. The molecule has 0 bridgehead atoms. The summed E-state index contributed by atoms with van der Waals surface area (Å²) in [6.07, 6.45) is 4.10. The maximum atomic E-state index is 13.0. The third-order valence-corrected chi connectivity index (χ3v) is 5.11. The van der Waals surface area contributed by atoms with E-state index in [0.29, 0.717) is 0 Å². The molecule has 0 spiro atoms. The van der Waals surface area contributed by atoms with Crippen LogP contribution in [0.4, 0.5) is 4.39 Å². The van der Waals surface area contributed by atoms with Crippen LogP contribution < -0.4 is 5.32 Å². The normalized spacial score (nSPS) is 25.5. The number of aryl methyl sites for hydroxylation is 1. The summed E-state index contributed by atoms with van der Waals surface area (Å²) in [4.78, 5) is 12.5. The molecule has 0 radical (unpaired) electrons. The first-order valence-electron chi connectivity index (χ1n) is 8.36. The number of hydrogen-bond donors (Lipinski definition) is 1. The van der Waals surface area contributed by atoms with E-state index >= 15 is 0 Å². The second-order valence-electron chi connectivity index (χ2n) is 6.65. The van der Waals surface area contributed by atoms with Crippen LogP contribution in [0.2, 0.25) is 0 Å². The largest absolute Gasteiger partial charge is 0.349 e. The van der Waals surface area contributed by atoms with E-state index in [-0.39, 0.29) is 29.6 Å². The molecule has 3 unspecified atom stereocenters. The van der Waals surface area contributed by atoms with E-state index < -0.39 is 0 Å². The first-order valence-corrected chi connectivity index (χ1v) is 8.36. The average molecular weight is 309 g/mol. The summed E-state index contributed by atoms with van der Waals surface area (Å²) >= 11 is 0. The molecule has 1 saturated carbocycles. The van der Waals surface area contributed by atoms with E-state index in [4.69, 9.17) is 0 Å². The van der Waals surface area contributed by atoms with Gasteiger partial charge in [-0.1, -0.05) is 36.4 Å². The fourth-order valence-electron chi connectivity index (χ4n) is 3.75. The summed E-state index contributed by atoms with van der Waals surface area (Å²) in [5, 5.41) is 3.24. The average Bonchev–Trinajstić information content (AvgIpc) is 3.37. The number of halogens is 1. The van der Waals surface area contributed by atoms with Crippen molar-refractivity contribution >= 4 is 5.91 Å². The summed E-state index contributed by atoms with van der Waals surface area (Å²) in [7, 11) is 0. The fraction of sp³-hybridized carbons (Fsp3) is 0.350. The number of amides is 1. The zero-order valence-electron chi connectivity index (χ0n) is 13.0. The van der Waals surface area contributed by atoms with Crippen LogP contribution in [-0.4, -0.2) is 5.91 Å². The molecule has 0 saturated heterocycles. The van der Waals surface area contributed by atoms with Crippen molar-refractivity contribution in [1.82, 2.24) is 5.32 Å². The van der Waals surface area contributed by atoms with E-state index in [1.54, 1.807) is 12.1 Å². The lowest BCUT2D eigenvalue weighted by Gasteiger charge is -2.26. The smallest absolute Gasteiger partial charge is 0.224 e. The summed E-state index contributed by atoms with van der Waals surface area (Å²) < 4.78 is 13.0. The van der Waals surface area contributed by atoms with Crippen molar-refractivity contribution in [2.45, 2.75) is 37.6 Å². The third-order valence-electron chi connectivity index (χ3n) is 5.11. The fourth-order valence-corrected chi connectivity index (χ4v) is 3.75. The molecule has 23 heavy (non-hydrogen) atoms. The van der Waals surface area contributed by atoms with Gasteiger partial charge in [0.15, 0.2) is 0 Å². The molecule has 0 heterocycles. The third kappa shape index (κ3) is 2.88. The molecule has 1 amide bonds. The van der Waals surface area contributed by atoms with Gasteiger partial charge in [-0.15, -0.1) is 0 Å². The second-order valence-corrected chi connectivity index (χ2v) is 6.65.